The average molecular weight is 258 g/mol. The number of aromatic nitrogens is 5. The lowest BCUT2D eigenvalue weighted by Gasteiger charge is -1.97. The van der Waals surface area contributed by atoms with E-state index >= 15 is 0 Å². The maximum atomic E-state index is 4.51. The van der Waals surface area contributed by atoms with Gasteiger partial charge in [-0.1, -0.05) is 0 Å². The standard InChI is InChI=1S/C11H10N6S/c1-7-9(8-5-14-15-6-8)16-11(18-7)17-10-12-3-2-4-13-10/h2-6H,1H3,(H,14,15)(H,12,13,16,17). The fourth-order valence-electron chi connectivity index (χ4n) is 1.56. The van der Waals surface area contributed by atoms with Gasteiger partial charge in [-0.2, -0.15) is 5.10 Å². The van der Waals surface area contributed by atoms with Crippen LogP contribution in [0.15, 0.2) is 30.9 Å². The normalized spacial score (nSPS) is 10.5. The van der Waals surface area contributed by atoms with Crippen molar-refractivity contribution in [1.29, 1.82) is 0 Å². The van der Waals surface area contributed by atoms with Gasteiger partial charge in [0.25, 0.3) is 0 Å². The van der Waals surface area contributed by atoms with Crippen LogP contribution < -0.4 is 5.32 Å². The monoisotopic (exact) mass is 258 g/mol. The third-order valence-electron chi connectivity index (χ3n) is 2.35. The first-order valence-electron chi connectivity index (χ1n) is 5.33. The predicted octanol–water partition coefficient (Wildman–Crippen LogP) is 2.38. The molecule has 0 saturated carbocycles. The van der Waals surface area contributed by atoms with E-state index in [0.717, 1.165) is 21.3 Å². The summed E-state index contributed by atoms with van der Waals surface area (Å²) >= 11 is 1.56. The molecule has 7 heteroatoms. The maximum absolute atomic E-state index is 4.51. The van der Waals surface area contributed by atoms with Crippen molar-refractivity contribution < 1.29 is 0 Å². The van der Waals surface area contributed by atoms with Crippen LogP contribution in [0.3, 0.4) is 0 Å². The van der Waals surface area contributed by atoms with Gasteiger partial charge >= 0.3 is 0 Å². The predicted molar refractivity (Wildman–Crippen MR) is 69.7 cm³/mol. The van der Waals surface area contributed by atoms with Gasteiger partial charge in [0.1, 0.15) is 0 Å². The Kier molecular flexibility index (Phi) is 2.73. The summed E-state index contributed by atoms with van der Waals surface area (Å²) in [5.74, 6) is 0.546. The second kappa shape index (κ2) is 4.53. The molecule has 2 N–H and O–H groups in total. The summed E-state index contributed by atoms with van der Waals surface area (Å²) in [5, 5.41) is 10.6. The highest BCUT2D eigenvalue weighted by atomic mass is 32.1. The molecule has 90 valence electrons. The van der Waals surface area contributed by atoms with Crippen molar-refractivity contribution in [2.45, 2.75) is 6.92 Å². The smallest absolute Gasteiger partial charge is 0.228 e. The van der Waals surface area contributed by atoms with Crippen molar-refractivity contribution in [2.75, 3.05) is 5.32 Å². The van der Waals surface area contributed by atoms with Crippen LogP contribution in [0.1, 0.15) is 4.88 Å². The third kappa shape index (κ3) is 2.07. The number of hydrogen-bond acceptors (Lipinski definition) is 6. The van der Waals surface area contributed by atoms with Crippen LogP contribution in [0.5, 0.6) is 0 Å². The minimum atomic E-state index is 0.546. The first-order chi connectivity index (χ1) is 8.83. The molecule has 0 aliphatic rings. The Labute approximate surface area is 107 Å². The van der Waals surface area contributed by atoms with E-state index in [1.165, 1.54) is 0 Å². The van der Waals surface area contributed by atoms with Crippen LogP contribution in [-0.4, -0.2) is 25.1 Å². The maximum Gasteiger partial charge on any atom is 0.228 e. The molecular weight excluding hydrogens is 248 g/mol. The molecule has 0 aromatic carbocycles. The molecule has 0 unspecified atom stereocenters. The van der Waals surface area contributed by atoms with Gasteiger partial charge in [0.15, 0.2) is 5.13 Å². The molecule has 6 nitrogen and oxygen atoms in total. The summed E-state index contributed by atoms with van der Waals surface area (Å²) < 4.78 is 0. The Balaban J connectivity index is 1.89. The van der Waals surface area contributed by atoms with E-state index < -0.39 is 0 Å². The van der Waals surface area contributed by atoms with E-state index in [4.69, 9.17) is 0 Å². The summed E-state index contributed by atoms with van der Waals surface area (Å²) in [4.78, 5) is 13.8. The number of aryl methyl sites for hydroxylation is 1. The molecule has 3 heterocycles. The van der Waals surface area contributed by atoms with E-state index in [1.807, 2.05) is 13.1 Å². The van der Waals surface area contributed by atoms with E-state index in [9.17, 15) is 0 Å². The summed E-state index contributed by atoms with van der Waals surface area (Å²) in [5.41, 5.74) is 1.90. The number of H-pyrrole nitrogens is 1. The Morgan fingerprint density at radius 1 is 1.28 bits per heavy atom. The van der Waals surface area contributed by atoms with Crippen molar-refractivity contribution in [2.24, 2.45) is 0 Å². The quantitative estimate of drug-likeness (QED) is 0.754. The van der Waals surface area contributed by atoms with Crippen molar-refractivity contribution in [1.82, 2.24) is 25.1 Å². The molecule has 18 heavy (non-hydrogen) atoms. The van der Waals surface area contributed by atoms with Crippen LogP contribution in [-0.2, 0) is 0 Å². The molecule has 0 bridgehead atoms. The van der Waals surface area contributed by atoms with Crippen molar-refractivity contribution in [3.05, 3.63) is 35.7 Å². The van der Waals surface area contributed by atoms with E-state index in [0.29, 0.717) is 5.95 Å². The molecule has 0 saturated heterocycles. The molecule has 0 atom stereocenters. The van der Waals surface area contributed by atoms with Gasteiger partial charge in [-0.3, -0.25) is 5.10 Å². The number of hydrogen-bond donors (Lipinski definition) is 2. The number of anilines is 2. The van der Waals surface area contributed by atoms with Crippen LogP contribution in [0.2, 0.25) is 0 Å². The van der Waals surface area contributed by atoms with Crippen molar-refractivity contribution in [3.63, 3.8) is 0 Å². The molecular formula is C11H10N6S. The molecule has 3 aromatic heterocycles. The zero-order valence-corrected chi connectivity index (χ0v) is 10.4. The lowest BCUT2D eigenvalue weighted by molar-refractivity contribution is 1.09. The van der Waals surface area contributed by atoms with E-state index in [-0.39, 0.29) is 0 Å². The van der Waals surface area contributed by atoms with Gasteiger partial charge in [0.05, 0.1) is 11.9 Å². The molecule has 3 aromatic rings. The highest BCUT2D eigenvalue weighted by Crippen LogP contribution is 2.30. The number of nitrogens with zero attached hydrogens (tertiary/aromatic N) is 4. The summed E-state index contributed by atoms with van der Waals surface area (Å²) in [6.07, 6.45) is 6.95. The second-order valence-electron chi connectivity index (χ2n) is 3.61. The Morgan fingerprint density at radius 3 is 2.83 bits per heavy atom. The Morgan fingerprint density at radius 2 is 2.11 bits per heavy atom. The lowest BCUT2D eigenvalue weighted by Crippen LogP contribution is -1.94. The molecule has 0 spiro atoms. The van der Waals surface area contributed by atoms with Crippen LogP contribution in [0.4, 0.5) is 11.1 Å². The Hall–Kier alpha value is -2.28. The average Bonchev–Trinajstić information content (AvgIpc) is 3.00. The fraction of sp³-hybridized carbons (Fsp3) is 0.0909. The minimum absolute atomic E-state index is 0.546. The van der Waals surface area contributed by atoms with E-state index in [2.05, 4.69) is 30.5 Å². The first kappa shape index (κ1) is 10.8. The highest BCUT2D eigenvalue weighted by molar-refractivity contribution is 7.16. The Bertz CT molecular complexity index is 631. The van der Waals surface area contributed by atoms with Gasteiger partial charge in [-0.15, -0.1) is 11.3 Å². The van der Waals surface area contributed by atoms with Gasteiger partial charge in [-0.05, 0) is 13.0 Å². The first-order valence-corrected chi connectivity index (χ1v) is 6.15. The summed E-state index contributed by atoms with van der Waals surface area (Å²) in [6, 6.07) is 1.77. The van der Waals surface area contributed by atoms with Gasteiger partial charge < -0.3 is 5.32 Å². The molecule has 0 aliphatic heterocycles. The third-order valence-corrected chi connectivity index (χ3v) is 3.24. The lowest BCUT2D eigenvalue weighted by atomic mass is 10.2. The number of thiazole rings is 1. The van der Waals surface area contributed by atoms with Crippen molar-refractivity contribution >= 4 is 22.4 Å². The molecule has 0 fully saturated rings. The SMILES string of the molecule is Cc1sc(Nc2ncccn2)nc1-c1cn[nH]c1. The van der Waals surface area contributed by atoms with Crippen LogP contribution in [0.25, 0.3) is 11.3 Å². The van der Waals surface area contributed by atoms with Crippen molar-refractivity contribution in [3.8, 4) is 11.3 Å². The highest BCUT2D eigenvalue weighted by Gasteiger charge is 2.11. The van der Waals surface area contributed by atoms with Crippen LogP contribution in [0, 0.1) is 6.92 Å². The number of nitrogens with one attached hydrogen (secondary N) is 2. The number of rotatable bonds is 3. The second-order valence-corrected chi connectivity index (χ2v) is 4.81. The zero-order valence-electron chi connectivity index (χ0n) is 9.58. The summed E-state index contributed by atoms with van der Waals surface area (Å²) in [7, 11) is 0. The van der Waals surface area contributed by atoms with Gasteiger partial charge in [-0.25, -0.2) is 15.0 Å². The molecule has 0 aliphatic carbocycles. The molecule has 0 radical (unpaired) electrons. The molecule has 3 rings (SSSR count). The fourth-order valence-corrected chi connectivity index (χ4v) is 2.39. The minimum Gasteiger partial charge on any atom is -0.300 e. The van der Waals surface area contributed by atoms with Gasteiger partial charge in [0, 0.05) is 29.0 Å². The van der Waals surface area contributed by atoms with Gasteiger partial charge in [0.2, 0.25) is 5.95 Å². The topological polar surface area (TPSA) is 79.4 Å². The zero-order chi connectivity index (χ0) is 12.4. The largest absolute Gasteiger partial charge is 0.300 e. The number of aromatic amines is 1. The molecule has 0 amide bonds. The summed E-state index contributed by atoms with van der Waals surface area (Å²) in [6.45, 7) is 2.02. The van der Waals surface area contributed by atoms with E-state index in [1.54, 1.807) is 36.0 Å². The van der Waals surface area contributed by atoms with Crippen LogP contribution >= 0.6 is 11.3 Å².